The number of anilines is 1. The van der Waals surface area contributed by atoms with Crippen LogP contribution in [0.2, 0.25) is 0 Å². The third-order valence-corrected chi connectivity index (χ3v) is 2.69. The molecule has 0 aliphatic carbocycles. The Hall–Kier alpha value is -1.51. The SMILES string of the molecule is CCCC(C)Nc1cccc(CCC(=O)O)c1. The molecular formula is C14H21NO2. The summed E-state index contributed by atoms with van der Waals surface area (Å²) in [6, 6.07) is 8.46. The van der Waals surface area contributed by atoms with Gasteiger partial charge in [-0.3, -0.25) is 4.79 Å². The van der Waals surface area contributed by atoms with Gasteiger partial charge in [-0.2, -0.15) is 0 Å². The van der Waals surface area contributed by atoms with Gasteiger partial charge in [0.2, 0.25) is 0 Å². The highest BCUT2D eigenvalue weighted by Crippen LogP contribution is 2.14. The highest BCUT2D eigenvalue weighted by Gasteiger charge is 2.03. The first-order valence-electron chi connectivity index (χ1n) is 6.19. The summed E-state index contributed by atoms with van der Waals surface area (Å²) in [6.45, 7) is 4.33. The van der Waals surface area contributed by atoms with Gasteiger partial charge in [-0.05, 0) is 37.5 Å². The minimum Gasteiger partial charge on any atom is -0.481 e. The van der Waals surface area contributed by atoms with E-state index in [1.54, 1.807) is 0 Å². The first kappa shape index (κ1) is 13.6. The van der Waals surface area contributed by atoms with E-state index in [9.17, 15) is 4.79 Å². The van der Waals surface area contributed by atoms with Crippen LogP contribution in [-0.4, -0.2) is 17.1 Å². The molecule has 0 aliphatic heterocycles. The Bertz CT molecular complexity index is 363. The van der Waals surface area contributed by atoms with Gasteiger partial charge in [0.05, 0.1) is 0 Å². The molecule has 0 fully saturated rings. The first-order chi connectivity index (χ1) is 8.11. The predicted molar refractivity (Wildman–Crippen MR) is 70.4 cm³/mol. The molecule has 0 radical (unpaired) electrons. The number of hydrogen-bond donors (Lipinski definition) is 2. The molecule has 3 nitrogen and oxygen atoms in total. The van der Waals surface area contributed by atoms with Gasteiger partial charge < -0.3 is 10.4 Å². The quantitative estimate of drug-likeness (QED) is 0.762. The van der Waals surface area contributed by atoms with Gasteiger partial charge in [-0.25, -0.2) is 0 Å². The van der Waals surface area contributed by atoms with Crippen LogP contribution in [0.1, 0.15) is 38.7 Å². The number of carbonyl (C=O) groups is 1. The van der Waals surface area contributed by atoms with E-state index in [0.717, 1.165) is 24.1 Å². The summed E-state index contributed by atoms with van der Waals surface area (Å²) < 4.78 is 0. The molecule has 17 heavy (non-hydrogen) atoms. The molecule has 1 aromatic rings. The molecule has 94 valence electrons. The molecule has 0 amide bonds. The van der Waals surface area contributed by atoms with Crippen molar-refractivity contribution in [3.05, 3.63) is 29.8 Å². The number of hydrogen-bond acceptors (Lipinski definition) is 2. The molecule has 3 heteroatoms. The van der Waals surface area contributed by atoms with Crippen LogP contribution in [-0.2, 0) is 11.2 Å². The Balaban J connectivity index is 2.56. The summed E-state index contributed by atoms with van der Waals surface area (Å²) >= 11 is 0. The molecule has 0 aromatic heterocycles. The fourth-order valence-electron chi connectivity index (χ4n) is 1.86. The fraction of sp³-hybridized carbons (Fsp3) is 0.500. The zero-order chi connectivity index (χ0) is 12.7. The van der Waals surface area contributed by atoms with Gasteiger partial charge in [0.15, 0.2) is 0 Å². The average molecular weight is 235 g/mol. The van der Waals surface area contributed by atoms with Crippen molar-refractivity contribution in [2.45, 2.75) is 45.6 Å². The van der Waals surface area contributed by atoms with Gasteiger partial charge in [0.25, 0.3) is 0 Å². The number of benzene rings is 1. The van der Waals surface area contributed by atoms with Crippen molar-refractivity contribution in [3.8, 4) is 0 Å². The summed E-state index contributed by atoms with van der Waals surface area (Å²) in [5, 5.41) is 12.1. The number of aliphatic carboxylic acids is 1. The van der Waals surface area contributed by atoms with Crippen LogP contribution in [0.5, 0.6) is 0 Å². The smallest absolute Gasteiger partial charge is 0.303 e. The zero-order valence-electron chi connectivity index (χ0n) is 10.6. The van der Waals surface area contributed by atoms with Crippen LogP contribution in [0.25, 0.3) is 0 Å². The number of carboxylic acid groups (broad SMARTS) is 1. The molecule has 0 saturated carbocycles. The Morgan fingerprint density at radius 1 is 1.47 bits per heavy atom. The Labute approximate surface area is 103 Å². The number of aryl methyl sites for hydroxylation is 1. The molecule has 0 heterocycles. The van der Waals surface area contributed by atoms with Crippen molar-refractivity contribution in [2.24, 2.45) is 0 Å². The third-order valence-electron chi connectivity index (χ3n) is 2.69. The molecule has 1 atom stereocenters. The van der Waals surface area contributed by atoms with Crippen LogP contribution < -0.4 is 5.32 Å². The van der Waals surface area contributed by atoms with Crippen LogP contribution >= 0.6 is 0 Å². The van der Waals surface area contributed by atoms with Crippen molar-refractivity contribution >= 4 is 11.7 Å². The van der Waals surface area contributed by atoms with Gasteiger partial charge in [0.1, 0.15) is 0 Å². The Morgan fingerprint density at radius 3 is 2.88 bits per heavy atom. The Morgan fingerprint density at radius 2 is 2.24 bits per heavy atom. The van der Waals surface area contributed by atoms with E-state index in [-0.39, 0.29) is 6.42 Å². The van der Waals surface area contributed by atoms with E-state index in [2.05, 4.69) is 19.2 Å². The van der Waals surface area contributed by atoms with E-state index in [4.69, 9.17) is 5.11 Å². The van der Waals surface area contributed by atoms with Crippen LogP contribution in [0.15, 0.2) is 24.3 Å². The predicted octanol–water partition coefficient (Wildman–Crippen LogP) is 3.30. The topological polar surface area (TPSA) is 49.3 Å². The molecule has 2 N–H and O–H groups in total. The normalized spacial score (nSPS) is 12.1. The van der Waals surface area contributed by atoms with E-state index in [1.165, 1.54) is 0 Å². The molecule has 1 aromatic carbocycles. The van der Waals surface area contributed by atoms with Crippen molar-refractivity contribution in [1.29, 1.82) is 0 Å². The maximum atomic E-state index is 10.5. The summed E-state index contributed by atoms with van der Waals surface area (Å²) in [5.74, 6) is -0.747. The highest BCUT2D eigenvalue weighted by atomic mass is 16.4. The van der Waals surface area contributed by atoms with Crippen LogP contribution in [0, 0.1) is 0 Å². The second kappa shape index (κ2) is 6.94. The lowest BCUT2D eigenvalue weighted by Gasteiger charge is -2.14. The second-order valence-corrected chi connectivity index (χ2v) is 4.43. The maximum absolute atomic E-state index is 10.5. The summed E-state index contributed by atoms with van der Waals surface area (Å²) in [6.07, 6.45) is 3.08. The largest absolute Gasteiger partial charge is 0.481 e. The van der Waals surface area contributed by atoms with E-state index in [0.29, 0.717) is 12.5 Å². The zero-order valence-corrected chi connectivity index (χ0v) is 10.6. The number of carboxylic acids is 1. The van der Waals surface area contributed by atoms with E-state index < -0.39 is 5.97 Å². The van der Waals surface area contributed by atoms with Crippen molar-refractivity contribution in [1.82, 2.24) is 0 Å². The van der Waals surface area contributed by atoms with Gasteiger partial charge in [0, 0.05) is 18.2 Å². The Kier molecular flexibility index (Phi) is 5.53. The van der Waals surface area contributed by atoms with Crippen molar-refractivity contribution in [2.75, 3.05) is 5.32 Å². The van der Waals surface area contributed by atoms with Crippen LogP contribution in [0.4, 0.5) is 5.69 Å². The average Bonchev–Trinajstić information content (AvgIpc) is 2.27. The lowest BCUT2D eigenvalue weighted by atomic mass is 10.1. The van der Waals surface area contributed by atoms with Crippen molar-refractivity contribution < 1.29 is 9.90 Å². The lowest BCUT2D eigenvalue weighted by Crippen LogP contribution is -2.14. The second-order valence-electron chi connectivity index (χ2n) is 4.43. The summed E-state index contributed by atoms with van der Waals surface area (Å²) in [5.41, 5.74) is 2.15. The summed E-state index contributed by atoms with van der Waals surface area (Å²) in [4.78, 5) is 10.5. The number of nitrogens with one attached hydrogen (secondary N) is 1. The summed E-state index contributed by atoms with van der Waals surface area (Å²) in [7, 11) is 0. The monoisotopic (exact) mass is 235 g/mol. The molecule has 1 rings (SSSR count). The molecule has 0 bridgehead atoms. The molecule has 1 unspecified atom stereocenters. The van der Waals surface area contributed by atoms with E-state index >= 15 is 0 Å². The lowest BCUT2D eigenvalue weighted by molar-refractivity contribution is -0.136. The standard InChI is InChI=1S/C14H21NO2/c1-3-5-11(2)15-13-7-4-6-12(10-13)8-9-14(16)17/h4,6-7,10-11,15H,3,5,8-9H2,1-2H3,(H,16,17). The third kappa shape index (κ3) is 5.38. The number of rotatable bonds is 7. The first-order valence-corrected chi connectivity index (χ1v) is 6.19. The minimum absolute atomic E-state index is 0.188. The van der Waals surface area contributed by atoms with Crippen molar-refractivity contribution in [3.63, 3.8) is 0 Å². The molecule has 0 saturated heterocycles. The molecular weight excluding hydrogens is 214 g/mol. The molecule has 0 aliphatic rings. The van der Waals surface area contributed by atoms with Crippen LogP contribution in [0.3, 0.4) is 0 Å². The van der Waals surface area contributed by atoms with E-state index in [1.807, 2.05) is 24.3 Å². The maximum Gasteiger partial charge on any atom is 0.303 e. The highest BCUT2D eigenvalue weighted by molar-refractivity contribution is 5.67. The minimum atomic E-state index is -0.747. The molecule has 0 spiro atoms. The van der Waals surface area contributed by atoms with Gasteiger partial charge in [-0.1, -0.05) is 25.5 Å². The fourth-order valence-corrected chi connectivity index (χ4v) is 1.86. The van der Waals surface area contributed by atoms with Gasteiger partial charge in [-0.15, -0.1) is 0 Å². The van der Waals surface area contributed by atoms with Gasteiger partial charge >= 0.3 is 5.97 Å².